The van der Waals surface area contributed by atoms with E-state index in [2.05, 4.69) is 23.7 Å². The van der Waals surface area contributed by atoms with Gasteiger partial charge in [0.1, 0.15) is 0 Å². The molecule has 0 amide bonds. The van der Waals surface area contributed by atoms with Crippen molar-refractivity contribution >= 4 is 11.8 Å². The first kappa shape index (κ1) is 27.5. The molecule has 0 saturated heterocycles. The van der Waals surface area contributed by atoms with Crippen molar-refractivity contribution in [2.24, 2.45) is 11.8 Å². The van der Waals surface area contributed by atoms with Crippen LogP contribution in [-0.4, -0.2) is 0 Å². The molecule has 0 bridgehead atoms. The number of hydrogen-bond acceptors (Lipinski definition) is 1. The largest absolute Gasteiger partial charge is 0.417 e. The third-order valence-electron chi connectivity index (χ3n) is 7.07. The van der Waals surface area contributed by atoms with E-state index in [1.165, 1.54) is 12.1 Å². The summed E-state index contributed by atoms with van der Waals surface area (Å²) in [5.74, 6) is 11.6. The van der Waals surface area contributed by atoms with E-state index in [0.717, 1.165) is 50.3 Å². The van der Waals surface area contributed by atoms with Gasteiger partial charge in [-0.05, 0) is 61.8 Å². The van der Waals surface area contributed by atoms with E-state index >= 15 is 0 Å². The summed E-state index contributed by atoms with van der Waals surface area (Å²) in [6, 6.07) is 5.91. The molecule has 7 heteroatoms. The quantitative estimate of drug-likeness (QED) is 0.278. The average molecular weight is 535 g/mol. The van der Waals surface area contributed by atoms with E-state index in [0.29, 0.717) is 0 Å². The molecule has 2 aromatic carbocycles. The summed E-state index contributed by atoms with van der Waals surface area (Å²) in [5.41, 5.74) is -1.66. The predicted octanol–water partition coefficient (Wildman–Crippen LogP) is 9.30. The van der Waals surface area contributed by atoms with Crippen LogP contribution in [0.5, 0.6) is 0 Å². The van der Waals surface area contributed by atoms with Crippen LogP contribution >= 0.6 is 11.8 Å². The van der Waals surface area contributed by atoms with Gasteiger partial charge in [0.15, 0.2) is 0 Å². The zero-order valence-electron chi connectivity index (χ0n) is 20.8. The monoisotopic (exact) mass is 534 g/mol. The van der Waals surface area contributed by atoms with Gasteiger partial charge in [-0.3, -0.25) is 0 Å². The minimum atomic E-state index is -4.64. The van der Waals surface area contributed by atoms with Gasteiger partial charge in [0, 0.05) is 21.6 Å². The molecule has 37 heavy (non-hydrogen) atoms. The van der Waals surface area contributed by atoms with Crippen LogP contribution in [0.1, 0.15) is 85.8 Å². The van der Waals surface area contributed by atoms with Crippen molar-refractivity contribution in [3.63, 3.8) is 0 Å². The Morgan fingerprint density at radius 2 is 1.05 bits per heavy atom. The standard InChI is InChI=1S/C30H28F6S/c1-3-21-13-17-25(23(27(21)29(31,32)33)15-11-19-7-5-8-19)37-26-18-14-22(4-2)28(30(34,35)36)24(26)16-12-20-9-6-10-20/h13-14,17-20H,3-10H2,1-2H3. The molecule has 2 aromatic rings. The van der Waals surface area contributed by atoms with E-state index in [9.17, 15) is 26.3 Å². The summed E-state index contributed by atoms with van der Waals surface area (Å²) in [6.07, 6.45) is -3.57. The SMILES string of the molecule is CCc1ccc(Sc2ccc(CC)c(C(F)(F)F)c2C#CC2CCC2)c(C#CC2CCC2)c1C(F)(F)F. The maximum absolute atomic E-state index is 14.2. The molecule has 2 aliphatic carbocycles. The average Bonchev–Trinajstić information content (AvgIpc) is 2.76. The van der Waals surface area contributed by atoms with E-state index in [1.54, 1.807) is 26.0 Å². The first-order valence-corrected chi connectivity index (χ1v) is 13.5. The Bertz CT molecular complexity index is 1170. The van der Waals surface area contributed by atoms with Crippen LogP contribution in [0.3, 0.4) is 0 Å². The van der Waals surface area contributed by atoms with Gasteiger partial charge >= 0.3 is 12.4 Å². The van der Waals surface area contributed by atoms with Gasteiger partial charge in [-0.25, -0.2) is 0 Å². The van der Waals surface area contributed by atoms with E-state index < -0.39 is 23.5 Å². The highest BCUT2D eigenvalue weighted by molar-refractivity contribution is 7.99. The molecule has 0 N–H and O–H groups in total. The van der Waals surface area contributed by atoms with Crippen LogP contribution in [0.4, 0.5) is 26.3 Å². The third-order valence-corrected chi connectivity index (χ3v) is 8.19. The van der Waals surface area contributed by atoms with Crippen molar-refractivity contribution < 1.29 is 26.3 Å². The fourth-order valence-corrected chi connectivity index (χ4v) is 5.50. The van der Waals surface area contributed by atoms with Crippen LogP contribution < -0.4 is 0 Å². The van der Waals surface area contributed by atoms with Gasteiger partial charge in [-0.2, -0.15) is 26.3 Å². The number of hydrogen-bond donors (Lipinski definition) is 0. The van der Waals surface area contributed by atoms with Crippen LogP contribution in [0.2, 0.25) is 0 Å². The number of halogens is 6. The summed E-state index contributed by atoms with van der Waals surface area (Å²) in [6.45, 7) is 3.29. The highest BCUT2D eigenvalue weighted by Gasteiger charge is 2.39. The van der Waals surface area contributed by atoms with Crippen molar-refractivity contribution in [3.05, 3.63) is 57.6 Å². The van der Waals surface area contributed by atoms with Crippen molar-refractivity contribution in [1.82, 2.24) is 0 Å². The molecule has 2 fully saturated rings. The number of rotatable bonds is 4. The summed E-state index contributed by atoms with van der Waals surface area (Å²) in [4.78, 5) is 0.390. The minimum Gasteiger partial charge on any atom is -0.166 e. The van der Waals surface area contributed by atoms with Crippen molar-refractivity contribution in [2.75, 3.05) is 0 Å². The molecule has 0 atom stereocenters. The smallest absolute Gasteiger partial charge is 0.166 e. The van der Waals surface area contributed by atoms with E-state index in [1.807, 2.05) is 0 Å². The normalized spacial score (nSPS) is 16.2. The van der Waals surface area contributed by atoms with E-state index in [4.69, 9.17) is 0 Å². The lowest BCUT2D eigenvalue weighted by Crippen LogP contribution is -2.14. The molecule has 0 radical (unpaired) electrons. The molecule has 0 aromatic heterocycles. The summed E-state index contributed by atoms with van der Waals surface area (Å²) in [7, 11) is 0. The molecule has 0 heterocycles. The fourth-order valence-electron chi connectivity index (χ4n) is 4.48. The van der Waals surface area contributed by atoms with Gasteiger partial charge in [0.2, 0.25) is 0 Å². The molecule has 0 nitrogen and oxygen atoms in total. The highest BCUT2D eigenvalue weighted by Crippen LogP contribution is 2.44. The van der Waals surface area contributed by atoms with Gasteiger partial charge in [-0.15, -0.1) is 0 Å². The third kappa shape index (κ3) is 6.15. The molecular weight excluding hydrogens is 506 g/mol. The molecule has 196 valence electrons. The van der Waals surface area contributed by atoms with Crippen LogP contribution in [0, 0.1) is 35.5 Å². The number of benzene rings is 2. The summed E-state index contributed by atoms with van der Waals surface area (Å²) in [5, 5.41) is 0. The Morgan fingerprint density at radius 3 is 1.32 bits per heavy atom. The van der Waals surface area contributed by atoms with Crippen molar-refractivity contribution in [1.29, 1.82) is 0 Å². The van der Waals surface area contributed by atoms with Crippen LogP contribution in [0.25, 0.3) is 0 Å². The molecule has 0 spiro atoms. The Morgan fingerprint density at radius 1 is 0.676 bits per heavy atom. The lowest BCUT2D eigenvalue weighted by Gasteiger charge is -2.21. The second kappa shape index (κ2) is 11.1. The molecule has 0 aliphatic heterocycles. The topological polar surface area (TPSA) is 0 Å². The number of alkyl halides is 6. The Balaban J connectivity index is 1.90. The molecule has 2 aliphatic rings. The predicted molar refractivity (Wildman–Crippen MR) is 134 cm³/mol. The van der Waals surface area contributed by atoms with Gasteiger partial charge < -0.3 is 0 Å². The molecule has 0 unspecified atom stereocenters. The maximum atomic E-state index is 14.2. The second-order valence-corrected chi connectivity index (χ2v) is 10.6. The Hall–Kier alpha value is -2.51. The highest BCUT2D eigenvalue weighted by atomic mass is 32.2. The zero-order chi connectivity index (χ0) is 26.8. The van der Waals surface area contributed by atoms with Crippen molar-refractivity contribution in [2.45, 2.75) is 87.4 Å². The van der Waals surface area contributed by atoms with Gasteiger partial charge in [-0.1, -0.05) is 74.3 Å². The lowest BCUT2D eigenvalue weighted by atomic mass is 9.86. The second-order valence-electron chi connectivity index (χ2n) is 9.54. The van der Waals surface area contributed by atoms with Crippen molar-refractivity contribution in [3.8, 4) is 23.7 Å². The van der Waals surface area contributed by atoms with Crippen LogP contribution in [0.15, 0.2) is 34.1 Å². The first-order chi connectivity index (χ1) is 17.5. The molecule has 2 saturated carbocycles. The minimum absolute atomic E-state index is 0.0498. The Labute approximate surface area is 218 Å². The molecule has 4 rings (SSSR count). The maximum Gasteiger partial charge on any atom is 0.417 e. The zero-order valence-corrected chi connectivity index (χ0v) is 21.6. The van der Waals surface area contributed by atoms with Gasteiger partial charge in [0.05, 0.1) is 22.3 Å². The van der Waals surface area contributed by atoms with Crippen LogP contribution in [-0.2, 0) is 25.2 Å². The summed E-state index contributed by atoms with van der Waals surface area (Å²) >= 11 is 0.889. The number of aryl methyl sites for hydroxylation is 2. The lowest BCUT2D eigenvalue weighted by molar-refractivity contribution is -0.139. The Kier molecular flexibility index (Phi) is 8.24. The fraction of sp³-hybridized carbons (Fsp3) is 0.467. The first-order valence-electron chi connectivity index (χ1n) is 12.7. The molecular formula is C30H28F6S. The van der Waals surface area contributed by atoms with Gasteiger partial charge in [0.25, 0.3) is 0 Å². The summed E-state index contributed by atoms with van der Waals surface area (Å²) < 4.78 is 85.4. The van der Waals surface area contributed by atoms with E-state index in [-0.39, 0.29) is 56.7 Å².